The molecule has 22 nitrogen and oxygen atoms in total. The smallest absolute Gasteiger partial charge is 0.241 e. The fourth-order valence-corrected chi connectivity index (χ4v) is 20.5. The molecule has 2 heterocycles. The van der Waals surface area contributed by atoms with E-state index >= 15 is 0 Å². The van der Waals surface area contributed by atoms with Crippen LogP contribution in [0.25, 0.3) is 0 Å². The topological polar surface area (TPSA) is 277 Å². The highest BCUT2D eigenvalue weighted by atomic mass is 31.2. The van der Waals surface area contributed by atoms with Gasteiger partial charge in [-0.05, 0) is 125 Å². The molecule has 4 atom stereocenters. The first-order valence-electron chi connectivity index (χ1n) is 34.0. The lowest BCUT2D eigenvalue weighted by atomic mass is 9.90. The standard InChI is InChI=1S/C76H84N4O18P4/c1-5-95-99(85,65-21-13-9-14-22-65)49-69(81)77-61-41-53-37-54-42-62(78-70(82)50-100(86,96-6-2)66-23-15-10-16-24-66)47-59-40-60-48-64(80-72(84)52-102(88,98-8-4)68-27-19-12-20-28-68)44-56-38-55-43-63(79-71(83)51-101(87,97-7-3)67-25-17-11-18-26-67)46-58(75(55)93-35-31-90-32-36-94-76(56)60)39-57(45-61)73(53)91-33-29-89-30-34-92-74(54)59/h9-28,41-48H,5-8,29-40,49-52H2,1-4H3,(H,77,81)(H,78,82)(H,79,83)(H,80,84). The third kappa shape index (κ3) is 18.8. The van der Waals surface area contributed by atoms with Gasteiger partial charge < -0.3 is 67.8 Å². The molecule has 3 aliphatic rings. The first-order valence-corrected chi connectivity index (χ1v) is 41.3. The molecule has 0 saturated heterocycles. The van der Waals surface area contributed by atoms with Gasteiger partial charge in [-0.2, -0.15) is 0 Å². The van der Waals surface area contributed by atoms with Crippen molar-refractivity contribution in [2.45, 2.75) is 53.4 Å². The predicted molar refractivity (Wildman–Crippen MR) is 396 cm³/mol. The molecule has 1 aliphatic carbocycles. The third-order valence-corrected chi connectivity index (χ3v) is 26.7. The fraction of sp³-hybridized carbons (Fsp3) is 0.316. The second kappa shape index (κ2) is 34.7. The van der Waals surface area contributed by atoms with Crippen LogP contribution in [0.3, 0.4) is 0 Å². The number of rotatable bonds is 24. The van der Waals surface area contributed by atoms with Gasteiger partial charge in [0, 0.05) is 114 Å². The molecule has 0 radical (unpaired) electrons. The van der Waals surface area contributed by atoms with E-state index in [0.29, 0.717) is 88.7 Å². The molecule has 536 valence electrons. The number of ether oxygens (including phenoxy) is 6. The summed E-state index contributed by atoms with van der Waals surface area (Å²) in [5.74, 6) is -0.973. The van der Waals surface area contributed by atoms with Crippen molar-refractivity contribution in [2.24, 2.45) is 0 Å². The van der Waals surface area contributed by atoms with Crippen molar-refractivity contribution in [1.29, 1.82) is 0 Å². The summed E-state index contributed by atoms with van der Waals surface area (Å²) in [6.45, 7) is 7.76. The monoisotopic (exact) mass is 1460 g/mol. The van der Waals surface area contributed by atoms with Gasteiger partial charge in [0.1, 0.15) is 74.1 Å². The molecular weight excluding hydrogens is 1380 g/mol. The van der Waals surface area contributed by atoms with Crippen LogP contribution in [-0.2, 0) is 90.7 Å². The quantitative estimate of drug-likeness (QED) is 0.0409. The zero-order valence-corrected chi connectivity index (χ0v) is 61.0. The van der Waals surface area contributed by atoms with Gasteiger partial charge in [-0.3, -0.25) is 37.4 Å². The Morgan fingerprint density at radius 1 is 0.304 bits per heavy atom. The molecule has 0 aromatic heterocycles. The molecule has 8 aromatic rings. The summed E-state index contributed by atoms with van der Waals surface area (Å²) in [4.78, 5) is 58.8. The molecule has 0 saturated carbocycles. The van der Waals surface area contributed by atoms with E-state index in [-0.39, 0.29) is 128 Å². The number of carbonyl (C=O) groups is 4. The van der Waals surface area contributed by atoms with Gasteiger partial charge in [0.25, 0.3) is 0 Å². The normalized spacial score (nSPS) is 16.1. The highest BCUT2D eigenvalue weighted by Crippen LogP contribution is 2.50. The molecule has 4 N–H and O–H groups in total. The first-order chi connectivity index (χ1) is 49.4. The van der Waals surface area contributed by atoms with Crippen LogP contribution >= 0.6 is 29.5 Å². The van der Waals surface area contributed by atoms with Gasteiger partial charge in [-0.25, -0.2) is 0 Å². The van der Waals surface area contributed by atoms with Crippen LogP contribution < -0.4 is 61.4 Å². The first kappa shape index (κ1) is 74.7. The van der Waals surface area contributed by atoms with Gasteiger partial charge in [-0.15, -0.1) is 0 Å². The summed E-state index contributed by atoms with van der Waals surface area (Å²) in [5.41, 5.74) is 5.15. The van der Waals surface area contributed by atoms with Crippen molar-refractivity contribution in [3.05, 3.63) is 214 Å². The number of anilines is 4. The van der Waals surface area contributed by atoms with Crippen LogP contribution in [0.2, 0.25) is 0 Å². The molecule has 12 bridgehead atoms. The van der Waals surface area contributed by atoms with E-state index in [1.54, 1.807) is 198 Å². The summed E-state index contributed by atoms with van der Waals surface area (Å²) < 4.78 is 123. The maximum Gasteiger partial charge on any atom is 0.241 e. The summed E-state index contributed by atoms with van der Waals surface area (Å²) in [5, 5.41) is 13.7. The molecule has 11 rings (SSSR count). The highest BCUT2D eigenvalue weighted by molar-refractivity contribution is 7.69. The van der Waals surface area contributed by atoms with Crippen LogP contribution in [0.5, 0.6) is 23.0 Å². The number of nitrogens with one attached hydrogen (secondary N) is 4. The Labute approximate surface area is 594 Å². The predicted octanol–water partition coefficient (Wildman–Crippen LogP) is 12.3. The largest absolute Gasteiger partial charge is 0.491 e. The minimum absolute atomic E-state index is 0.00277. The van der Waals surface area contributed by atoms with Gasteiger partial charge >= 0.3 is 0 Å². The zero-order valence-electron chi connectivity index (χ0n) is 57.4. The van der Waals surface area contributed by atoms with Crippen molar-refractivity contribution in [1.82, 2.24) is 0 Å². The minimum Gasteiger partial charge on any atom is -0.491 e. The van der Waals surface area contributed by atoms with Crippen LogP contribution in [-0.4, -0.2) is 128 Å². The maximum atomic E-state index is 14.8. The van der Waals surface area contributed by atoms with Crippen LogP contribution in [0.15, 0.2) is 170 Å². The fourth-order valence-electron chi connectivity index (χ4n) is 12.8. The summed E-state index contributed by atoms with van der Waals surface area (Å²) >= 11 is 0. The second-order valence-electron chi connectivity index (χ2n) is 24.4. The van der Waals surface area contributed by atoms with Gasteiger partial charge in [0.05, 0.1) is 52.9 Å². The van der Waals surface area contributed by atoms with Crippen molar-refractivity contribution in [3.63, 3.8) is 0 Å². The van der Waals surface area contributed by atoms with Gasteiger partial charge in [0.15, 0.2) is 0 Å². The van der Waals surface area contributed by atoms with E-state index in [0.717, 1.165) is 0 Å². The van der Waals surface area contributed by atoms with E-state index in [9.17, 15) is 37.4 Å². The molecule has 0 fully saturated rings. The molecule has 102 heavy (non-hydrogen) atoms. The lowest BCUT2D eigenvalue weighted by Crippen LogP contribution is -2.23. The Bertz CT molecular complexity index is 3950. The summed E-state index contributed by atoms with van der Waals surface area (Å²) in [7, 11) is -15.2. The molecular formula is C76H84N4O18P4. The van der Waals surface area contributed by atoms with Crippen molar-refractivity contribution < 1.29 is 84.0 Å². The van der Waals surface area contributed by atoms with E-state index in [4.69, 9.17) is 46.5 Å². The Hall–Kier alpha value is -8.48. The van der Waals surface area contributed by atoms with Gasteiger partial charge in [-0.1, -0.05) is 72.8 Å². The number of hydrogen-bond donors (Lipinski definition) is 4. The van der Waals surface area contributed by atoms with Gasteiger partial charge in [0.2, 0.25) is 53.1 Å². The second-order valence-corrected chi connectivity index (χ2v) is 34.1. The Kier molecular flexibility index (Phi) is 25.4. The van der Waals surface area contributed by atoms with Crippen molar-refractivity contribution in [2.75, 3.05) is 125 Å². The molecule has 26 heteroatoms. The third-order valence-electron chi connectivity index (χ3n) is 16.9. The Balaban J connectivity index is 1.14. The average Bonchev–Trinajstić information content (AvgIpc) is 0.770. The minimum atomic E-state index is -3.79. The molecule has 2 aliphatic heterocycles. The number of benzene rings is 8. The maximum absolute atomic E-state index is 14.8. The van der Waals surface area contributed by atoms with E-state index < -0.39 is 77.8 Å². The number of hydrogen-bond acceptors (Lipinski definition) is 18. The number of carbonyl (C=O) groups excluding carboxylic acids is 4. The molecule has 0 spiro atoms. The van der Waals surface area contributed by atoms with Crippen LogP contribution in [0.1, 0.15) is 72.2 Å². The van der Waals surface area contributed by atoms with Crippen molar-refractivity contribution in [3.8, 4) is 23.0 Å². The van der Waals surface area contributed by atoms with E-state index in [1.165, 1.54) is 0 Å². The molecule has 4 unspecified atom stereocenters. The molecule has 8 aromatic carbocycles. The SMILES string of the molecule is CCOP(=O)(CC(=O)Nc1cc2c3c(c1)Cc1cc(NC(=O)CP(=O)(OCC)c4ccccc4)cc4c1OCCOCCOc1c(cc(NC(=O)CP(=O)(OCC)c5ccccc5)cc1Cc1cc(NC(=O)CP(=O)(OCC)c5ccccc5)cc(c1OCCOCCO3)C2)C4)c1ccccc1. The number of amides is 4. The summed E-state index contributed by atoms with van der Waals surface area (Å²) in [6, 6.07) is 48.3. The zero-order chi connectivity index (χ0) is 71.7. The molecule has 4 amide bonds. The lowest BCUT2D eigenvalue weighted by Gasteiger charge is -2.26. The Morgan fingerprint density at radius 3 is 0.667 bits per heavy atom. The lowest BCUT2D eigenvalue weighted by molar-refractivity contribution is -0.114. The van der Waals surface area contributed by atoms with Crippen molar-refractivity contribution >= 4 is 97.1 Å². The summed E-state index contributed by atoms with van der Waals surface area (Å²) in [6.07, 6.45) is -2.12. The highest BCUT2D eigenvalue weighted by Gasteiger charge is 2.35. The van der Waals surface area contributed by atoms with E-state index in [2.05, 4.69) is 21.3 Å². The van der Waals surface area contributed by atoms with E-state index in [1.807, 2.05) is 0 Å². The average molecular weight is 1470 g/mol. The van der Waals surface area contributed by atoms with Crippen LogP contribution in [0.4, 0.5) is 22.7 Å². The Morgan fingerprint density at radius 2 is 0.490 bits per heavy atom. The van der Waals surface area contributed by atoms with Crippen LogP contribution in [0, 0.1) is 0 Å².